The van der Waals surface area contributed by atoms with Crippen molar-refractivity contribution in [3.63, 3.8) is 0 Å². The molecule has 0 spiro atoms. The topological polar surface area (TPSA) is 187 Å². The maximum absolute atomic E-state index is 14.2. The van der Waals surface area contributed by atoms with E-state index < -0.39 is 29.5 Å². The van der Waals surface area contributed by atoms with E-state index in [2.05, 4.69) is 25.8 Å². The standard InChI is InChI=1S/C40H50N8O5S/c1-23(25-10-12-27(13-11-25)35-24(2)42-22-54-35)43-38(52)32-18-28(49)20-48(32)39(53)36(40(3,4)5)44-34(51)21-47-16-14-26(15-17-47)30-19-31(45-46-37(30)41)29-8-6-7-9-33(29)50/h6-13,19,22-23,26,28,32,36,49-50H,14-18,20-21H2,1-5H3,(H2,41,46)(H,43,52)(H,44,51)/t23-,28+,32-,36?/m0/s1. The van der Waals surface area contributed by atoms with E-state index in [-0.39, 0.29) is 49.0 Å². The molecule has 54 heavy (non-hydrogen) atoms. The summed E-state index contributed by atoms with van der Waals surface area (Å²) < 4.78 is 0. The molecule has 0 bridgehead atoms. The number of phenolic OH excluding ortho intramolecular Hbond substituents is 1. The number of aromatic hydroxyl groups is 1. The molecule has 2 saturated heterocycles. The highest BCUT2D eigenvalue weighted by atomic mass is 32.1. The van der Waals surface area contributed by atoms with Crippen molar-refractivity contribution >= 4 is 34.9 Å². The number of nitrogens with zero attached hydrogens (tertiary/aromatic N) is 5. The molecule has 2 aromatic carbocycles. The SMILES string of the molecule is Cc1ncsc1-c1ccc([C@H](C)NC(=O)[C@@H]2C[C@@H](O)CN2C(=O)C(NC(=O)CN2CCC(c3cc(-c4ccccc4O)nnc3N)CC2)C(C)(C)C)cc1. The Morgan fingerprint density at radius 1 is 1.04 bits per heavy atom. The van der Waals surface area contributed by atoms with Crippen molar-refractivity contribution in [2.45, 2.75) is 84.0 Å². The van der Waals surface area contributed by atoms with E-state index in [4.69, 9.17) is 5.73 Å². The van der Waals surface area contributed by atoms with Crippen LogP contribution in [-0.4, -0.2) is 97.3 Å². The number of aliphatic hydroxyl groups excluding tert-OH is 1. The first-order valence-corrected chi connectivity index (χ1v) is 19.3. The fourth-order valence-corrected chi connectivity index (χ4v) is 8.20. The number of rotatable bonds is 10. The summed E-state index contributed by atoms with van der Waals surface area (Å²) in [5.41, 5.74) is 12.3. The van der Waals surface area contributed by atoms with Crippen LogP contribution in [0.3, 0.4) is 0 Å². The van der Waals surface area contributed by atoms with Gasteiger partial charge >= 0.3 is 0 Å². The fraction of sp³-hybridized carbons (Fsp3) is 0.450. The van der Waals surface area contributed by atoms with E-state index in [9.17, 15) is 24.6 Å². The lowest BCUT2D eigenvalue weighted by molar-refractivity contribution is -0.144. The van der Waals surface area contributed by atoms with Gasteiger partial charge in [-0.3, -0.25) is 19.3 Å². The van der Waals surface area contributed by atoms with Crippen molar-refractivity contribution in [2.24, 2.45) is 5.41 Å². The van der Waals surface area contributed by atoms with E-state index in [0.717, 1.165) is 40.1 Å². The third kappa shape index (κ3) is 8.72. The second kappa shape index (κ2) is 16.2. The predicted molar refractivity (Wildman–Crippen MR) is 208 cm³/mol. The Morgan fingerprint density at radius 2 is 1.74 bits per heavy atom. The summed E-state index contributed by atoms with van der Waals surface area (Å²) in [6.45, 7) is 10.9. The number of carbonyl (C=O) groups excluding carboxylic acids is 3. The molecule has 0 radical (unpaired) electrons. The number of carbonyl (C=O) groups is 3. The normalized spacial score (nSPS) is 19.3. The number of hydrogen-bond acceptors (Lipinski definition) is 11. The first-order chi connectivity index (χ1) is 25.7. The molecular weight excluding hydrogens is 705 g/mol. The summed E-state index contributed by atoms with van der Waals surface area (Å²) in [6.07, 6.45) is 0.724. The van der Waals surface area contributed by atoms with Gasteiger partial charge in [-0.25, -0.2) is 4.98 Å². The minimum absolute atomic E-state index is 0.00274. The summed E-state index contributed by atoms with van der Waals surface area (Å²) in [4.78, 5) is 50.2. The van der Waals surface area contributed by atoms with Gasteiger partial charge in [-0.05, 0) is 80.4 Å². The number of phenols is 1. The second-order valence-electron chi connectivity index (χ2n) is 15.5. The minimum atomic E-state index is -0.918. The molecule has 13 nitrogen and oxygen atoms in total. The molecule has 4 atom stereocenters. The lowest BCUT2D eigenvalue weighted by Gasteiger charge is -2.36. The molecule has 4 aromatic rings. The van der Waals surface area contributed by atoms with Gasteiger partial charge in [0.2, 0.25) is 17.7 Å². The van der Waals surface area contributed by atoms with Gasteiger partial charge in [0.1, 0.15) is 23.7 Å². The molecule has 0 aliphatic carbocycles. The first-order valence-electron chi connectivity index (χ1n) is 18.4. The van der Waals surface area contributed by atoms with E-state index in [1.54, 1.807) is 29.5 Å². The zero-order chi connectivity index (χ0) is 38.7. The van der Waals surface area contributed by atoms with E-state index in [1.165, 1.54) is 4.90 Å². The van der Waals surface area contributed by atoms with Crippen LogP contribution < -0.4 is 16.4 Å². The van der Waals surface area contributed by atoms with Crippen molar-refractivity contribution in [3.05, 3.63) is 76.9 Å². The average molecular weight is 755 g/mol. The molecule has 2 aliphatic rings. The predicted octanol–water partition coefficient (Wildman–Crippen LogP) is 4.41. The number of β-amino-alcohol motifs (C(OH)–C–C–N with tert-alkyl or cyclic N) is 1. The fourth-order valence-electron chi connectivity index (χ4n) is 7.39. The van der Waals surface area contributed by atoms with Crippen LogP contribution in [-0.2, 0) is 14.4 Å². The lowest BCUT2D eigenvalue weighted by Crippen LogP contribution is -2.59. The van der Waals surface area contributed by atoms with E-state index in [0.29, 0.717) is 30.2 Å². The van der Waals surface area contributed by atoms with Crippen LogP contribution in [0.2, 0.25) is 0 Å². The zero-order valence-electron chi connectivity index (χ0n) is 31.5. The van der Waals surface area contributed by atoms with Crippen LogP contribution in [0, 0.1) is 12.3 Å². The molecule has 6 N–H and O–H groups in total. The van der Waals surface area contributed by atoms with Crippen molar-refractivity contribution in [1.82, 2.24) is 35.6 Å². The quantitative estimate of drug-likeness (QED) is 0.155. The largest absolute Gasteiger partial charge is 0.507 e. The van der Waals surface area contributed by atoms with Crippen molar-refractivity contribution in [2.75, 3.05) is 31.9 Å². The van der Waals surface area contributed by atoms with Gasteiger partial charge < -0.3 is 31.5 Å². The molecule has 3 amide bonds. The van der Waals surface area contributed by atoms with E-state index >= 15 is 0 Å². The molecule has 4 heterocycles. The third-order valence-electron chi connectivity index (χ3n) is 10.5. The summed E-state index contributed by atoms with van der Waals surface area (Å²) in [5.74, 6) is -0.474. The number of thiazole rings is 1. The van der Waals surface area contributed by atoms with Gasteiger partial charge in [0.05, 0.1) is 40.5 Å². The molecule has 14 heteroatoms. The number of aromatic nitrogens is 3. The highest BCUT2D eigenvalue weighted by molar-refractivity contribution is 7.13. The summed E-state index contributed by atoms with van der Waals surface area (Å²) >= 11 is 1.58. The molecule has 6 rings (SSSR count). The molecule has 1 unspecified atom stereocenters. The number of para-hydroxylation sites is 1. The monoisotopic (exact) mass is 754 g/mol. The van der Waals surface area contributed by atoms with Crippen LogP contribution in [0.15, 0.2) is 60.1 Å². The van der Waals surface area contributed by atoms with Gasteiger partial charge in [0.15, 0.2) is 0 Å². The Morgan fingerprint density at radius 3 is 2.39 bits per heavy atom. The van der Waals surface area contributed by atoms with Crippen LogP contribution in [0.4, 0.5) is 5.82 Å². The summed E-state index contributed by atoms with van der Waals surface area (Å²) in [7, 11) is 0. The summed E-state index contributed by atoms with van der Waals surface area (Å²) in [5, 5.41) is 35.4. The molecule has 0 saturated carbocycles. The Balaban J connectivity index is 1.06. The number of benzene rings is 2. The maximum Gasteiger partial charge on any atom is 0.246 e. The first kappa shape index (κ1) is 38.8. The van der Waals surface area contributed by atoms with Gasteiger partial charge in [0.25, 0.3) is 0 Å². The van der Waals surface area contributed by atoms with Crippen LogP contribution in [0.5, 0.6) is 5.75 Å². The van der Waals surface area contributed by atoms with Crippen LogP contribution >= 0.6 is 11.3 Å². The molecule has 286 valence electrons. The number of nitrogens with one attached hydrogen (secondary N) is 2. The van der Waals surface area contributed by atoms with Gasteiger partial charge in [-0.2, -0.15) is 0 Å². The van der Waals surface area contributed by atoms with Gasteiger partial charge in [-0.15, -0.1) is 21.5 Å². The highest BCUT2D eigenvalue weighted by Crippen LogP contribution is 2.35. The Bertz CT molecular complexity index is 1970. The van der Waals surface area contributed by atoms with Crippen LogP contribution in [0.25, 0.3) is 21.7 Å². The highest BCUT2D eigenvalue weighted by Gasteiger charge is 2.45. The summed E-state index contributed by atoms with van der Waals surface area (Å²) in [6, 6.07) is 14.7. The number of likely N-dealkylation sites (tertiary alicyclic amines) is 2. The van der Waals surface area contributed by atoms with Crippen LogP contribution in [0.1, 0.15) is 75.7 Å². The number of aryl methyl sites for hydroxylation is 1. The average Bonchev–Trinajstić information content (AvgIpc) is 3.76. The molecule has 2 aliphatic heterocycles. The van der Waals surface area contributed by atoms with Crippen molar-refractivity contribution in [1.29, 1.82) is 0 Å². The lowest BCUT2D eigenvalue weighted by atomic mass is 9.85. The number of anilines is 1. The van der Waals surface area contributed by atoms with Gasteiger partial charge in [0, 0.05) is 24.1 Å². The number of nitrogen functional groups attached to an aromatic ring is 1. The molecule has 2 aromatic heterocycles. The Kier molecular flexibility index (Phi) is 11.6. The maximum atomic E-state index is 14.2. The minimum Gasteiger partial charge on any atom is -0.507 e. The van der Waals surface area contributed by atoms with Crippen molar-refractivity contribution in [3.8, 4) is 27.4 Å². The Hall–Kier alpha value is -4.92. The van der Waals surface area contributed by atoms with Gasteiger partial charge in [-0.1, -0.05) is 57.2 Å². The smallest absolute Gasteiger partial charge is 0.246 e. The number of aliphatic hydroxyl groups is 1. The molecule has 2 fully saturated rings. The Labute approximate surface area is 320 Å². The van der Waals surface area contributed by atoms with Crippen molar-refractivity contribution < 1.29 is 24.6 Å². The zero-order valence-corrected chi connectivity index (χ0v) is 32.3. The number of piperidine rings is 1. The molecular formula is C40H50N8O5S. The van der Waals surface area contributed by atoms with E-state index in [1.807, 2.05) is 81.4 Å². The number of hydrogen-bond donors (Lipinski definition) is 5. The third-order valence-corrected chi connectivity index (χ3v) is 11.5. The number of amides is 3. The second-order valence-corrected chi connectivity index (χ2v) is 16.4. The number of nitrogens with two attached hydrogens (primary N) is 1.